The molecule has 0 bridgehead atoms. The summed E-state index contributed by atoms with van der Waals surface area (Å²) in [5, 5.41) is 13.9. The molecule has 1 aromatic carbocycles. The first-order valence-electron chi connectivity index (χ1n) is 6.85. The van der Waals surface area contributed by atoms with E-state index >= 15 is 0 Å². The van der Waals surface area contributed by atoms with Crippen molar-refractivity contribution in [1.29, 1.82) is 4.78 Å². The first kappa shape index (κ1) is 15.7. The second-order valence-corrected chi connectivity index (χ2v) is 6.94. The van der Waals surface area contributed by atoms with E-state index in [4.69, 9.17) is 21.5 Å². The molecule has 0 amide bonds. The molecule has 1 unspecified atom stereocenters. The van der Waals surface area contributed by atoms with Crippen LogP contribution in [0.5, 0.6) is 0 Å². The maximum Gasteiger partial charge on any atom is 0.162 e. The lowest BCUT2D eigenvalue weighted by molar-refractivity contribution is 0.676. The number of fused-ring (bicyclic) bond motifs is 1. The van der Waals surface area contributed by atoms with Crippen LogP contribution >= 0.6 is 11.6 Å². The average Bonchev–Trinajstić information content (AvgIpc) is 2.84. The van der Waals surface area contributed by atoms with Gasteiger partial charge in [0.25, 0.3) is 0 Å². The highest BCUT2D eigenvalue weighted by Crippen LogP contribution is 2.31. The molecule has 0 aliphatic heterocycles. The molecule has 0 fully saturated rings. The monoisotopic (exact) mass is 350 g/mol. The van der Waals surface area contributed by atoms with Gasteiger partial charge in [0.1, 0.15) is 9.92 Å². The molecule has 23 heavy (non-hydrogen) atoms. The Balaban J connectivity index is 2.00. The summed E-state index contributed by atoms with van der Waals surface area (Å²) in [6.45, 7) is 2.64. The number of halogens is 1. The third-order valence-electron chi connectivity index (χ3n) is 3.37. The van der Waals surface area contributed by atoms with E-state index < -0.39 is 9.92 Å². The van der Waals surface area contributed by atoms with Gasteiger partial charge in [-0.3, -0.25) is 0 Å². The summed E-state index contributed by atoms with van der Waals surface area (Å²) < 4.78 is 20.6. The number of nitrogens with one attached hydrogen (secondary N) is 2. The summed E-state index contributed by atoms with van der Waals surface area (Å²) >= 11 is 6.22. The molecule has 0 radical (unpaired) electrons. The van der Waals surface area contributed by atoms with E-state index in [1.165, 1.54) is 0 Å². The van der Waals surface area contributed by atoms with Gasteiger partial charge in [0.15, 0.2) is 10.8 Å². The van der Waals surface area contributed by atoms with E-state index in [1.807, 2.05) is 6.92 Å². The fourth-order valence-corrected chi connectivity index (χ4v) is 3.09. The predicted octanol–water partition coefficient (Wildman–Crippen LogP) is 3.13. The number of pyridine rings is 1. The molecule has 3 rings (SSSR count). The van der Waals surface area contributed by atoms with Gasteiger partial charge in [0.05, 0.1) is 16.0 Å². The Bertz CT molecular complexity index is 965. The van der Waals surface area contributed by atoms with E-state index in [1.54, 1.807) is 41.2 Å². The second-order valence-electron chi connectivity index (χ2n) is 4.91. The van der Waals surface area contributed by atoms with Crippen LogP contribution in [-0.4, -0.2) is 19.0 Å². The summed E-state index contributed by atoms with van der Waals surface area (Å²) in [6, 6.07) is 8.35. The molecule has 0 aliphatic rings. The summed E-state index contributed by atoms with van der Waals surface area (Å²) in [7, 11) is -3.21. The lowest BCUT2D eigenvalue weighted by Gasteiger charge is -2.09. The molecule has 9 heteroatoms. The van der Waals surface area contributed by atoms with Crippen LogP contribution < -0.4 is 10.5 Å². The van der Waals surface area contributed by atoms with Crippen molar-refractivity contribution in [2.24, 2.45) is 5.14 Å². The third-order valence-corrected chi connectivity index (χ3v) is 4.61. The number of hydrogen-bond donors (Lipinski definition) is 3. The smallest absolute Gasteiger partial charge is 0.162 e. The molecule has 0 saturated heterocycles. The van der Waals surface area contributed by atoms with Gasteiger partial charge in [0, 0.05) is 18.4 Å². The Kier molecular flexibility index (Phi) is 3.97. The molecule has 2 aromatic heterocycles. The van der Waals surface area contributed by atoms with Crippen molar-refractivity contribution in [2.45, 2.75) is 18.4 Å². The van der Waals surface area contributed by atoms with E-state index in [9.17, 15) is 4.21 Å². The molecule has 0 spiro atoms. The Hall–Kier alpha value is -2.16. The largest absolute Gasteiger partial charge is 0.355 e. The maximum atomic E-state index is 11.5. The van der Waals surface area contributed by atoms with Crippen LogP contribution in [-0.2, 0) is 16.5 Å². The molecule has 3 aromatic rings. The van der Waals surface area contributed by atoms with Crippen LogP contribution in [0, 0.1) is 4.78 Å². The van der Waals surface area contributed by atoms with E-state index in [0.717, 1.165) is 16.8 Å². The van der Waals surface area contributed by atoms with Gasteiger partial charge < -0.3 is 5.32 Å². The Morgan fingerprint density at radius 1 is 1.35 bits per heavy atom. The van der Waals surface area contributed by atoms with Crippen LogP contribution in [0.4, 0.5) is 11.4 Å². The number of rotatable bonds is 4. The SMILES string of the molecule is CCn1nc(Cl)c2c(Nc3ccc(S(=N)(N)=O)cc3)ccnc21. The van der Waals surface area contributed by atoms with Crippen LogP contribution in [0.3, 0.4) is 0 Å². The molecule has 4 N–H and O–H groups in total. The van der Waals surface area contributed by atoms with Crippen molar-refractivity contribution < 1.29 is 4.21 Å². The van der Waals surface area contributed by atoms with Crippen LogP contribution in [0.1, 0.15) is 6.92 Å². The number of benzene rings is 1. The van der Waals surface area contributed by atoms with Crippen molar-refractivity contribution in [3.8, 4) is 0 Å². The highest BCUT2D eigenvalue weighted by atomic mass is 35.5. The summed E-state index contributed by atoms with van der Waals surface area (Å²) in [5.41, 5.74) is 2.23. The topological polar surface area (TPSA) is 110 Å². The molecular formula is C14H15ClN6OS. The zero-order valence-corrected chi connectivity index (χ0v) is 13.9. The molecular weight excluding hydrogens is 336 g/mol. The highest BCUT2D eigenvalue weighted by molar-refractivity contribution is 7.90. The Labute approximate surface area is 138 Å². The number of nitrogens with zero attached hydrogens (tertiary/aromatic N) is 3. The number of aromatic nitrogens is 3. The summed E-state index contributed by atoms with van der Waals surface area (Å²) in [4.78, 5) is 4.60. The molecule has 0 saturated carbocycles. The normalized spacial score (nSPS) is 13.9. The quantitative estimate of drug-likeness (QED) is 0.671. The zero-order valence-electron chi connectivity index (χ0n) is 12.3. The minimum Gasteiger partial charge on any atom is -0.355 e. The molecule has 120 valence electrons. The number of aryl methyl sites for hydroxylation is 1. The van der Waals surface area contributed by atoms with E-state index in [-0.39, 0.29) is 4.90 Å². The maximum absolute atomic E-state index is 11.5. The van der Waals surface area contributed by atoms with E-state index in [2.05, 4.69) is 15.4 Å². The van der Waals surface area contributed by atoms with E-state index in [0.29, 0.717) is 17.3 Å². The lowest BCUT2D eigenvalue weighted by Crippen LogP contribution is -2.09. The van der Waals surface area contributed by atoms with Crippen molar-refractivity contribution in [1.82, 2.24) is 14.8 Å². The molecule has 2 heterocycles. The first-order chi connectivity index (χ1) is 10.9. The van der Waals surface area contributed by atoms with Crippen molar-refractivity contribution in [3.05, 3.63) is 41.7 Å². The fraction of sp³-hybridized carbons (Fsp3) is 0.143. The minimum absolute atomic E-state index is 0.278. The first-order valence-corrected chi connectivity index (χ1v) is 8.84. The van der Waals surface area contributed by atoms with Gasteiger partial charge in [0.2, 0.25) is 0 Å². The van der Waals surface area contributed by atoms with Crippen molar-refractivity contribution in [3.63, 3.8) is 0 Å². The van der Waals surface area contributed by atoms with Crippen molar-refractivity contribution in [2.75, 3.05) is 5.32 Å². The van der Waals surface area contributed by atoms with Gasteiger partial charge in [-0.1, -0.05) is 11.6 Å². The lowest BCUT2D eigenvalue weighted by atomic mass is 10.2. The molecule has 0 aliphatic carbocycles. The van der Waals surface area contributed by atoms with Gasteiger partial charge in [-0.05, 0) is 37.3 Å². The van der Waals surface area contributed by atoms with Gasteiger partial charge in [-0.25, -0.2) is 23.8 Å². The standard InChI is InChI=1S/C14H15ClN6OS/c1-2-21-14-12(13(15)20-21)11(7-8-18-14)19-9-3-5-10(6-4-9)23(16,17)22/h3-8H,2H2,1H3,(H,18,19)(H3,16,17,22). The highest BCUT2D eigenvalue weighted by Gasteiger charge is 2.13. The Morgan fingerprint density at radius 2 is 2.04 bits per heavy atom. The van der Waals surface area contributed by atoms with Gasteiger partial charge in [-0.15, -0.1) is 0 Å². The summed E-state index contributed by atoms with van der Waals surface area (Å²) in [5.74, 6) is 0. The van der Waals surface area contributed by atoms with Crippen molar-refractivity contribution >= 4 is 43.9 Å². The summed E-state index contributed by atoms with van der Waals surface area (Å²) in [6.07, 6.45) is 1.68. The third kappa shape index (κ3) is 3.00. The Morgan fingerprint density at radius 3 is 2.65 bits per heavy atom. The fourth-order valence-electron chi connectivity index (χ4n) is 2.27. The van der Waals surface area contributed by atoms with Crippen LogP contribution in [0.2, 0.25) is 5.15 Å². The van der Waals surface area contributed by atoms with Crippen LogP contribution in [0.25, 0.3) is 11.0 Å². The van der Waals surface area contributed by atoms with Gasteiger partial charge >= 0.3 is 0 Å². The molecule has 1 atom stereocenters. The average molecular weight is 351 g/mol. The minimum atomic E-state index is -3.21. The second kappa shape index (κ2) is 5.80. The molecule has 7 nitrogen and oxygen atoms in total. The van der Waals surface area contributed by atoms with Gasteiger partial charge in [-0.2, -0.15) is 5.10 Å². The predicted molar refractivity (Wildman–Crippen MR) is 91.3 cm³/mol. The number of nitrogens with two attached hydrogens (primary N) is 1. The zero-order chi connectivity index (χ0) is 16.6. The number of hydrogen-bond acceptors (Lipinski definition) is 5. The van der Waals surface area contributed by atoms with Crippen LogP contribution in [0.15, 0.2) is 41.4 Å². The number of anilines is 2.